The van der Waals surface area contributed by atoms with E-state index >= 15 is 0 Å². The van der Waals surface area contributed by atoms with Crippen LogP contribution < -0.4 is 21.5 Å². The molecule has 2 aromatic heterocycles. The Morgan fingerprint density at radius 3 is 2.70 bits per heavy atom. The van der Waals surface area contributed by atoms with Crippen LogP contribution in [0.3, 0.4) is 0 Å². The maximum absolute atomic E-state index is 12.1. The molecule has 0 radical (unpaired) electrons. The highest BCUT2D eigenvalue weighted by Gasteiger charge is 2.21. The van der Waals surface area contributed by atoms with Crippen LogP contribution in [-0.2, 0) is 14.1 Å². The third-order valence-electron chi connectivity index (χ3n) is 3.75. The van der Waals surface area contributed by atoms with Crippen molar-refractivity contribution in [1.82, 2.24) is 24.4 Å². The number of H-pyrrole nitrogens is 1. The fourth-order valence-corrected chi connectivity index (χ4v) is 2.59. The number of piperazine rings is 1. The van der Waals surface area contributed by atoms with E-state index in [4.69, 9.17) is 0 Å². The van der Waals surface area contributed by atoms with Gasteiger partial charge in [0.1, 0.15) is 0 Å². The number of hydrogen-bond donors (Lipinski definition) is 2. The van der Waals surface area contributed by atoms with Crippen LogP contribution in [0.1, 0.15) is 6.92 Å². The van der Waals surface area contributed by atoms with Gasteiger partial charge in [0.15, 0.2) is 11.2 Å². The highest BCUT2D eigenvalue weighted by molar-refractivity contribution is 5.73. The summed E-state index contributed by atoms with van der Waals surface area (Å²) in [6.07, 6.45) is 0. The maximum Gasteiger partial charge on any atom is 0.332 e. The summed E-state index contributed by atoms with van der Waals surface area (Å²) in [6, 6.07) is 0.364. The van der Waals surface area contributed by atoms with Gasteiger partial charge in [0.2, 0.25) is 5.95 Å². The Balaban J connectivity index is 2.16. The van der Waals surface area contributed by atoms with Gasteiger partial charge in [0.05, 0.1) is 0 Å². The standard InChI is InChI=1S/C12H18N6O2/c1-7-6-18(5-4-13-7)11-14-8-9(15-11)16(2)12(20)17(3)10(8)19/h7,13H,4-6H2,1-3H3,(H,14,15)/t7-/m1/s1. The van der Waals surface area contributed by atoms with Crippen molar-refractivity contribution in [2.75, 3.05) is 24.5 Å². The van der Waals surface area contributed by atoms with Crippen molar-refractivity contribution < 1.29 is 0 Å². The Hall–Kier alpha value is -2.09. The van der Waals surface area contributed by atoms with Crippen molar-refractivity contribution in [2.24, 2.45) is 14.1 Å². The molecule has 8 heteroatoms. The normalized spacial score (nSPS) is 19.8. The molecule has 3 rings (SSSR count). The second-order valence-corrected chi connectivity index (χ2v) is 5.27. The van der Waals surface area contributed by atoms with Crippen LogP contribution >= 0.6 is 0 Å². The molecule has 1 atom stereocenters. The maximum atomic E-state index is 12.1. The van der Waals surface area contributed by atoms with Crippen LogP contribution in [0.4, 0.5) is 5.95 Å². The topological polar surface area (TPSA) is 88.0 Å². The molecule has 0 amide bonds. The lowest BCUT2D eigenvalue weighted by Crippen LogP contribution is -2.49. The molecule has 8 nitrogen and oxygen atoms in total. The first-order valence-corrected chi connectivity index (χ1v) is 6.63. The molecule has 20 heavy (non-hydrogen) atoms. The number of hydrogen-bond acceptors (Lipinski definition) is 5. The van der Waals surface area contributed by atoms with Gasteiger partial charge in [0, 0.05) is 39.8 Å². The van der Waals surface area contributed by atoms with Crippen molar-refractivity contribution in [1.29, 1.82) is 0 Å². The largest absolute Gasteiger partial charge is 0.340 e. The Labute approximate surface area is 115 Å². The van der Waals surface area contributed by atoms with E-state index in [1.807, 2.05) is 0 Å². The monoisotopic (exact) mass is 278 g/mol. The minimum absolute atomic E-state index is 0.343. The number of fused-ring (bicyclic) bond motifs is 1. The zero-order chi connectivity index (χ0) is 14.4. The van der Waals surface area contributed by atoms with Gasteiger partial charge in [0.25, 0.3) is 5.56 Å². The smallest absolute Gasteiger partial charge is 0.332 e. The van der Waals surface area contributed by atoms with Crippen molar-refractivity contribution in [3.63, 3.8) is 0 Å². The van der Waals surface area contributed by atoms with Crippen LogP contribution in [0.25, 0.3) is 11.2 Å². The highest BCUT2D eigenvalue weighted by atomic mass is 16.2. The van der Waals surface area contributed by atoms with E-state index in [0.717, 1.165) is 24.2 Å². The summed E-state index contributed by atoms with van der Waals surface area (Å²) in [6.45, 7) is 4.60. The predicted octanol–water partition coefficient (Wildman–Crippen LogP) is -1.24. The summed E-state index contributed by atoms with van der Waals surface area (Å²) in [5.74, 6) is 0.645. The Bertz CT molecular complexity index is 771. The first-order chi connectivity index (χ1) is 9.49. The Morgan fingerprint density at radius 1 is 1.25 bits per heavy atom. The second-order valence-electron chi connectivity index (χ2n) is 5.27. The van der Waals surface area contributed by atoms with E-state index in [2.05, 4.69) is 27.1 Å². The number of rotatable bonds is 1. The summed E-state index contributed by atoms with van der Waals surface area (Å²) in [5.41, 5.74) is 0.0642. The van der Waals surface area contributed by atoms with Crippen molar-refractivity contribution >= 4 is 17.1 Å². The molecule has 108 valence electrons. The van der Waals surface area contributed by atoms with E-state index in [1.165, 1.54) is 11.6 Å². The molecule has 0 saturated carbocycles. The first-order valence-electron chi connectivity index (χ1n) is 6.63. The fraction of sp³-hybridized carbons (Fsp3) is 0.583. The van der Waals surface area contributed by atoms with Gasteiger partial charge in [-0.1, -0.05) is 0 Å². The molecule has 3 heterocycles. The SMILES string of the molecule is C[C@@H]1CN(c2nc3c([nH]2)c(=O)n(C)c(=O)n3C)CCN1. The van der Waals surface area contributed by atoms with Gasteiger partial charge in [-0.05, 0) is 6.92 Å². The number of anilines is 1. The summed E-state index contributed by atoms with van der Waals surface area (Å²) in [4.78, 5) is 33.6. The quantitative estimate of drug-likeness (QED) is 0.681. The molecule has 1 saturated heterocycles. The average Bonchev–Trinajstić information content (AvgIpc) is 2.88. The molecular formula is C12H18N6O2. The molecule has 0 aromatic carbocycles. The lowest BCUT2D eigenvalue weighted by atomic mass is 10.2. The van der Waals surface area contributed by atoms with Crippen molar-refractivity contribution in [3.05, 3.63) is 20.8 Å². The summed E-state index contributed by atoms with van der Waals surface area (Å²) >= 11 is 0. The second kappa shape index (κ2) is 4.48. The van der Waals surface area contributed by atoms with Crippen molar-refractivity contribution in [2.45, 2.75) is 13.0 Å². The molecule has 1 aliphatic rings. The molecule has 0 unspecified atom stereocenters. The summed E-state index contributed by atoms with van der Waals surface area (Å²) in [5, 5.41) is 3.35. The predicted molar refractivity (Wildman–Crippen MR) is 76.3 cm³/mol. The molecule has 2 aromatic rings. The van der Waals surface area contributed by atoms with Gasteiger partial charge in [-0.15, -0.1) is 0 Å². The number of aromatic nitrogens is 4. The number of imidazole rings is 1. The van der Waals surface area contributed by atoms with Crippen LogP contribution in [0.15, 0.2) is 9.59 Å². The number of aryl methyl sites for hydroxylation is 1. The Morgan fingerprint density at radius 2 is 2.00 bits per heavy atom. The van der Waals surface area contributed by atoms with E-state index < -0.39 is 0 Å². The van der Waals surface area contributed by atoms with Gasteiger partial charge in [-0.25, -0.2) is 4.79 Å². The molecular weight excluding hydrogens is 260 g/mol. The van der Waals surface area contributed by atoms with E-state index in [0.29, 0.717) is 23.2 Å². The molecule has 2 N–H and O–H groups in total. The van der Waals surface area contributed by atoms with E-state index in [-0.39, 0.29) is 11.2 Å². The number of nitrogens with one attached hydrogen (secondary N) is 2. The van der Waals surface area contributed by atoms with E-state index in [1.54, 1.807) is 7.05 Å². The van der Waals surface area contributed by atoms with Crippen LogP contribution in [0, 0.1) is 0 Å². The Kier molecular flexibility index (Phi) is 2.89. The first kappa shape index (κ1) is 12.9. The zero-order valence-electron chi connectivity index (χ0n) is 11.8. The number of aromatic amines is 1. The van der Waals surface area contributed by atoms with Crippen LogP contribution in [-0.4, -0.2) is 44.8 Å². The molecule has 0 aliphatic carbocycles. The number of nitrogens with zero attached hydrogens (tertiary/aromatic N) is 4. The molecule has 0 spiro atoms. The fourth-order valence-electron chi connectivity index (χ4n) is 2.59. The lowest BCUT2D eigenvalue weighted by molar-refractivity contribution is 0.480. The van der Waals surface area contributed by atoms with Gasteiger partial charge < -0.3 is 15.2 Å². The minimum atomic E-state index is -0.366. The highest BCUT2D eigenvalue weighted by Crippen LogP contribution is 2.14. The zero-order valence-corrected chi connectivity index (χ0v) is 11.8. The van der Waals surface area contributed by atoms with Gasteiger partial charge >= 0.3 is 5.69 Å². The van der Waals surface area contributed by atoms with Crippen molar-refractivity contribution in [3.8, 4) is 0 Å². The van der Waals surface area contributed by atoms with Crippen LogP contribution in [0.5, 0.6) is 0 Å². The third kappa shape index (κ3) is 1.83. The minimum Gasteiger partial charge on any atom is -0.340 e. The molecule has 0 bridgehead atoms. The molecule has 1 aliphatic heterocycles. The molecule has 1 fully saturated rings. The summed E-state index contributed by atoms with van der Waals surface area (Å²) < 4.78 is 2.48. The van der Waals surface area contributed by atoms with Gasteiger partial charge in [-0.2, -0.15) is 4.98 Å². The van der Waals surface area contributed by atoms with E-state index in [9.17, 15) is 9.59 Å². The van der Waals surface area contributed by atoms with Gasteiger partial charge in [-0.3, -0.25) is 13.9 Å². The average molecular weight is 278 g/mol. The third-order valence-corrected chi connectivity index (χ3v) is 3.75. The lowest BCUT2D eigenvalue weighted by Gasteiger charge is -2.31. The van der Waals surface area contributed by atoms with Crippen LogP contribution in [0.2, 0.25) is 0 Å². The summed E-state index contributed by atoms with van der Waals surface area (Å²) in [7, 11) is 3.09.